The van der Waals surface area contributed by atoms with Gasteiger partial charge in [0.2, 0.25) is 0 Å². The predicted molar refractivity (Wildman–Crippen MR) is 71.6 cm³/mol. The largest absolute Gasteiger partial charge is 0.868 e. The maximum Gasteiger partial charge on any atom is 0.329 e. The van der Waals surface area contributed by atoms with E-state index in [-0.39, 0.29) is 11.6 Å². The first-order chi connectivity index (χ1) is 9.81. The summed E-state index contributed by atoms with van der Waals surface area (Å²) < 4.78 is 0. The fourth-order valence-corrected chi connectivity index (χ4v) is 1.30. The minimum atomic E-state index is -0.963. The van der Waals surface area contributed by atoms with E-state index in [2.05, 4.69) is 10.4 Å². The van der Waals surface area contributed by atoms with Gasteiger partial charge < -0.3 is 10.4 Å². The van der Waals surface area contributed by atoms with Crippen LogP contribution in [0.3, 0.4) is 0 Å². The Morgan fingerprint density at radius 1 is 1.33 bits per heavy atom. The van der Waals surface area contributed by atoms with E-state index in [1.807, 2.05) is 5.43 Å². The lowest BCUT2D eigenvalue weighted by Gasteiger charge is -2.07. The highest BCUT2D eigenvalue weighted by atomic mass is 16.6. The molecule has 2 amide bonds. The lowest BCUT2D eigenvalue weighted by molar-refractivity contribution is -0.398. The summed E-state index contributed by atoms with van der Waals surface area (Å²) in [6.07, 6.45) is 1.09. The predicted octanol–water partition coefficient (Wildman–Crippen LogP) is -0.357. The monoisotopic (exact) mass is 293 g/mol. The third-order valence-electron chi connectivity index (χ3n) is 2.19. The summed E-state index contributed by atoms with van der Waals surface area (Å²) in [4.78, 5) is 32.3. The number of rotatable bonds is 4. The van der Waals surface area contributed by atoms with Crippen LogP contribution >= 0.6 is 0 Å². The van der Waals surface area contributed by atoms with Crippen molar-refractivity contribution < 1.29 is 19.6 Å². The molecule has 2 N–H and O–H groups in total. The molecule has 0 radical (unpaired) electrons. The highest BCUT2D eigenvalue weighted by Crippen LogP contribution is 2.22. The van der Waals surface area contributed by atoms with Crippen molar-refractivity contribution in [2.75, 3.05) is 0 Å². The zero-order valence-corrected chi connectivity index (χ0v) is 11.3. The molecule has 0 saturated heterocycles. The molecule has 0 unspecified atom stereocenters. The standard InChI is InChI=1S/C12H14N4O5/c1-7(2)14-11(18)12(19)15-13-6-8-3-4-10(17)9(5-8)16(20)21/h3-7,17H,1-2H3,(H,14,18)(H,15,19)/p-1/b13-6-. The van der Waals surface area contributed by atoms with E-state index in [1.165, 1.54) is 6.07 Å². The molecule has 1 aromatic rings. The zero-order chi connectivity index (χ0) is 16.0. The Hall–Kier alpha value is -2.97. The van der Waals surface area contributed by atoms with Gasteiger partial charge in [0.25, 0.3) is 5.69 Å². The van der Waals surface area contributed by atoms with Crippen LogP contribution in [-0.4, -0.2) is 29.0 Å². The van der Waals surface area contributed by atoms with Crippen LogP contribution in [0.1, 0.15) is 19.4 Å². The van der Waals surface area contributed by atoms with E-state index in [9.17, 15) is 24.8 Å². The van der Waals surface area contributed by atoms with Gasteiger partial charge in [0.15, 0.2) is 0 Å². The summed E-state index contributed by atoms with van der Waals surface area (Å²) in [6.45, 7) is 3.39. The van der Waals surface area contributed by atoms with Crippen molar-refractivity contribution in [3.05, 3.63) is 33.9 Å². The number of nitro benzene ring substituents is 1. The number of nitro groups is 1. The molecule has 1 rings (SSSR count). The fraction of sp³-hybridized carbons (Fsp3) is 0.250. The highest BCUT2D eigenvalue weighted by Gasteiger charge is 2.13. The van der Waals surface area contributed by atoms with Gasteiger partial charge in [-0.2, -0.15) is 5.10 Å². The molecular weight excluding hydrogens is 280 g/mol. The second-order valence-electron chi connectivity index (χ2n) is 4.31. The molecule has 0 aliphatic carbocycles. The molecular formula is C12H13N4O5-. The third kappa shape index (κ3) is 4.90. The van der Waals surface area contributed by atoms with Gasteiger partial charge in [-0.05, 0) is 19.6 Å². The first kappa shape index (κ1) is 16.1. The number of hydrogen-bond donors (Lipinski definition) is 2. The molecule has 1 aromatic carbocycles. The second-order valence-corrected chi connectivity index (χ2v) is 4.31. The molecule has 0 aromatic heterocycles. The summed E-state index contributed by atoms with van der Waals surface area (Å²) in [6, 6.07) is 3.15. The van der Waals surface area contributed by atoms with Crippen molar-refractivity contribution in [1.29, 1.82) is 0 Å². The van der Waals surface area contributed by atoms with Crippen LogP contribution in [0.4, 0.5) is 5.69 Å². The molecule has 0 spiro atoms. The minimum Gasteiger partial charge on any atom is -0.868 e. The maximum absolute atomic E-state index is 11.3. The molecule has 112 valence electrons. The SMILES string of the molecule is CC(C)NC(=O)C(=O)N/N=C\c1ccc([O-])c([N+](=O)[O-])c1. The molecule has 9 nitrogen and oxygen atoms in total. The van der Waals surface area contributed by atoms with Crippen LogP contribution in [0.5, 0.6) is 5.75 Å². The van der Waals surface area contributed by atoms with E-state index in [1.54, 1.807) is 13.8 Å². The second kappa shape index (κ2) is 6.98. The number of hydrazone groups is 1. The average Bonchev–Trinajstić information content (AvgIpc) is 2.39. The summed E-state index contributed by atoms with van der Waals surface area (Å²) in [5.41, 5.74) is 1.62. The smallest absolute Gasteiger partial charge is 0.329 e. The van der Waals surface area contributed by atoms with Gasteiger partial charge in [0.05, 0.1) is 11.1 Å². The van der Waals surface area contributed by atoms with Crippen molar-refractivity contribution in [3.63, 3.8) is 0 Å². The van der Waals surface area contributed by atoms with Gasteiger partial charge in [-0.25, -0.2) is 5.43 Å². The van der Waals surface area contributed by atoms with Gasteiger partial charge in [0, 0.05) is 17.7 Å². The minimum absolute atomic E-state index is 0.195. The van der Waals surface area contributed by atoms with E-state index < -0.39 is 28.2 Å². The first-order valence-corrected chi connectivity index (χ1v) is 5.90. The number of carbonyl (C=O) groups is 2. The summed E-state index contributed by atoms with van der Waals surface area (Å²) in [5, 5.41) is 27.6. The lowest BCUT2D eigenvalue weighted by Crippen LogP contribution is -2.41. The zero-order valence-electron chi connectivity index (χ0n) is 11.3. The number of nitrogens with zero attached hydrogens (tertiary/aromatic N) is 2. The van der Waals surface area contributed by atoms with E-state index in [0.717, 1.165) is 18.3 Å². The molecule has 0 atom stereocenters. The topological polar surface area (TPSA) is 137 Å². The number of carbonyl (C=O) groups excluding carboxylic acids is 2. The van der Waals surface area contributed by atoms with Crippen molar-refractivity contribution in [2.45, 2.75) is 19.9 Å². The Morgan fingerprint density at radius 3 is 2.57 bits per heavy atom. The third-order valence-corrected chi connectivity index (χ3v) is 2.19. The molecule has 9 heteroatoms. The highest BCUT2D eigenvalue weighted by molar-refractivity contribution is 6.35. The van der Waals surface area contributed by atoms with Crippen molar-refractivity contribution in [1.82, 2.24) is 10.7 Å². The van der Waals surface area contributed by atoms with Gasteiger partial charge in [-0.1, -0.05) is 12.1 Å². The average molecular weight is 293 g/mol. The van der Waals surface area contributed by atoms with Gasteiger partial charge in [0.1, 0.15) is 0 Å². The number of nitrogens with one attached hydrogen (secondary N) is 2. The summed E-state index contributed by atoms with van der Waals surface area (Å²) in [7, 11) is 0. The quantitative estimate of drug-likeness (QED) is 0.338. The van der Waals surface area contributed by atoms with Crippen LogP contribution in [0.25, 0.3) is 0 Å². The molecule has 0 fully saturated rings. The van der Waals surface area contributed by atoms with Crippen LogP contribution in [0.2, 0.25) is 0 Å². The maximum atomic E-state index is 11.3. The van der Waals surface area contributed by atoms with Crippen molar-refractivity contribution in [3.8, 4) is 5.75 Å². The Labute approximate surface area is 119 Å². The molecule has 0 heterocycles. The van der Waals surface area contributed by atoms with Gasteiger partial charge >= 0.3 is 11.8 Å². The van der Waals surface area contributed by atoms with Crippen LogP contribution in [-0.2, 0) is 9.59 Å². The van der Waals surface area contributed by atoms with Crippen molar-refractivity contribution >= 4 is 23.7 Å². The summed E-state index contributed by atoms with van der Waals surface area (Å²) >= 11 is 0. The summed E-state index contributed by atoms with van der Waals surface area (Å²) in [5.74, 6) is -2.53. The van der Waals surface area contributed by atoms with Crippen LogP contribution in [0, 0.1) is 10.1 Å². The fourth-order valence-electron chi connectivity index (χ4n) is 1.30. The van der Waals surface area contributed by atoms with Crippen LogP contribution in [0.15, 0.2) is 23.3 Å². The Morgan fingerprint density at radius 2 is 2.00 bits per heavy atom. The van der Waals surface area contributed by atoms with Crippen LogP contribution < -0.4 is 15.8 Å². The number of hydrogen-bond acceptors (Lipinski definition) is 6. The Bertz CT molecular complexity index is 597. The van der Waals surface area contributed by atoms with E-state index in [0.29, 0.717) is 0 Å². The number of amides is 2. The molecule has 0 aliphatic heterocycles. The van der Waals surface area contributed by atoms with E-state index in [4.69, 9.17) is 0 Å². The lowest BCUT2D eigenvalue weighted by atomic mass is 10.2. The normalized spacial score (nSPS) is 10.6. The van der Waals surface area contributed by atoms with E-state index >= 15 is 0 Å². The molecule has 0 saturated carbocycles. The molecule has 21 heavy (non-hydrogen) atoms. The molecule has 0 bridgehead atoms. The first-order valence-electron chi connectivity index (χ1n) is 5.90. The van der Waals surface area contributed by atoms with Gasteiger partial charge in [-0.3, -0.25) is 19.7 Å². The van der Waals surface area contributed by atoms with Crippen molar-refractivity contribution in [2.24, 2.45) is 5.10 Å². The Kier molecular flexibility index (Phi) is 5.35. The number of benzene rings is 1. The Balaban J connectivity index is 2.70. The molecule has 0 aliphatic rings. The van der Waals surface area contributed by atoms with Gasteiger partial charge in [-0.15, -0.1) is 0 Å².